The van der Waals surface area contributed by atoms with Gasteiger partial charge in [-0.05, 0) is 51.7 Å². The number of aliphatic imine (C=N–C) groups is 1. The van der Waals surface area contributed by atoms with Gasteiger partial charge < -0.3 is 10.6 Å². The topological polar surface area (TPSA) is 101 Å². The lowest BCUT2D eigenvalue weighted by Gasteiger charge is -2.32. The molecule has 0 radical (unpaired) electrons. The fourth-order valence-electron chi connectivity index (χ4n) is 2.24. The second-order valence-electron chi connectivity index (χ2n) is 5.23. The number of rotatable bonds is 7. The van der Waals surface area contributed by atoms with Gasteiger partial charge in [-0.15, -0.1) is 0 Å². The van der Waals surface area contributed by atoms with Gasteiger partial charge in [0.05, 0.1) is 0 Å². The Labute approximate surface area is 130 Å². The number of fused-ring (bicyclic) bond motifs is 1. The van der Waals surface area contributed by atoms with Crippen LogP contribution >= 0.6 is 0 Å². The highest BCUT2D eigenvalue weighted by molar-refractivity contribution is 6.00. The minimum atomic E-state index is 0.200. The Kier molecular flexibility index (Phi) is 5.96. The van der Waals surface area contributed by atoms with Gasteiger partial charge in [-0.3, -0.25) is 10.4 Å². The van der Waals surface area contributed by atoms with Crippen LogP contribution in [0.5, 0.6) is 0 Å². The average Bonchev–Trinajstić information content (AvgIpc) is 2.54. The Morgan fingerprint density at radius 3 is 2.59 bits per heavy atom. The molecule has 0 saturated heterocycles. The van der Waals surface area contributed by atoms with Crippen LogP contribution in [0.25, 0.3) is 0 Å². The van der Waals surface area contributed by atoms with E-state index in [0.29, 0.717) is 24.5 Å². The zero-order chi connectivity index (χ0) is 15.9. The summed E-state index contributed by atoms with van der Waals surface area (Å²) in [6.07, 6.45) is 1.83. The molecule has 0 unspecified atom stereocenters. The molecule has 0 spiro atoms. The first-order chi connectivity index (χ1) is 10.6. The van der Waals surface area contributed by atoms with Crippen LogP contribution in [0, 0.1) is 0 Å². The molecule has 1 aliphatic rings. The molecule has 8 nitrogen and oxygen atoms in total. The zero-order valence-electron chi connectivity index (χ0n) is 12.8. The Balaban J connectivity index is 1.88. The van der Waals surface area contributed by atoms with Crippen molar-refractivity contribution in [2.24, 2.45) is 10.7 Å². The molecular formula is C14H24N6O2. The molecule has 1 heterocycles. The summed E-state index contributed by atoms with van der Waals surface area (Å²) >= 11 is 0. The van der Waals surface area contributed by atoms with Crippen LogP contribution < -0.4 is 21.4 Å². The molecule has 0 saturated carbocycles. The first kappa shape index (κ1) is 16.5. The summed E-state index contributed by atoms with van der Waals surface area (Å²) in [6.45, 7) is 3.11. The van der Waals surface area contributed by atoms with E-state index < -0.39 is 0 Å². The number of hydrogen-bond acceptors (Lipinski definition) is 6. The fourth-order valence-corrected chi connectivity index (χ4v) is 2.24. The van der Waals surface area contributed by atoms with E-state index in [0.717, 1.165) is 36.2 Å². The summed E-state index contributed by atoms with van der Waals surface area (Å²) in [4.78, 5) is 6.49. The van der Waals surface area contributed by atoms with Crippen molar-refractivity contribution in [3.63, 3.8) is 0 Å². The Morgan fingerprint density at radius 2 is 1.86 bits per heavy atom. The van der Waals surface area contributed by atoms with E-state index in [2.05, 4.69) is 15.3 Å². The second kappa shape index (κ2) is 7.95. The number of hydroxylamine groups is 1. The van der Waals surface area contributed by atoms with Crippen molar-refractivity contribution in [1.82, 2.24) is 10.3 Å². The molecule has 5 N–H and O–H groups in total. The maximum atomic E-state index is 10.1. The highest BCUT2D eigenvalue weighted by Crippen LogP contribution is 2.29. The predicted molar refractivity (Wildman–Crippen MR) is 86.2 cm³/mol. The molecule has 1 aromatic carbocycles. The number of para-hydroxylation sites is 2. The number of nitrogens with zero attached hydrogens (tertiary/aromatic N) is 4. The van der Waals surface area contributed by atoms with Crippen LogP contribution in [-0.2, 0) is 0 Å². The lowest BCUT2D eigenvalue weighted by Crippen LogP contribution is -2.52. The third-order valence-corrected chi connectivity index (χ3v) is 3.45. The Morgan fingerprint density at radius 1 is 1.18 bits per heavy atom. The third kappa shape index (κ3) is 4.08. The first-order valence-corrected chi connectivity index (χ1v) is 7.40. The number of anilines is 2. The average molecular weight is 308 g/mol. The van der Waals surface area contributed by atoms with E-state index in [9.17, 15) is 10.4 Å². The fraction of sp³-hybridized carbons (Fsp3) is 0.500. The molecule has 0 aromatic heterocycles. The van der Waals surface area contributed by atoms with Gasteiger partial charge in [-0.25, -0.2) is 10.4 Å². The number of guanidine groups is 1. The number of nitrogens with two attached hydrogens (primary N) is 1. The quantitative estimate of drug-likeness (QED) is 0.548. The first-order valence-electron chi connectivity index (χ1n) is 7.40. The summed E-state index contributed by atoms with van der Waals surface area (Å²) in [5.41, 5.74) is 9.05. The molecule has 1 aliphatic heterocycles. The summed E-state index contributed by atoms with van der Waals surface area (Å²) < 4.78 is 0. The molecule has 1 aromatic rings. The summed E-state index contributed by atoms with van der Waals surface area (Å²) in [5.74, 6) is 0.200. The van der Waals surface area contributed by atoms with E-state index >= 15 is 0 Å². The molecule has 8 heteroatoms. The standard InChI is InChI=1S/C14H24N6O2/c1-18(10-4-8-15)11-5-9-16-14-17-20(22)13-7-3-2-6-12(13)19(14)21/h2-3,6-7,21-22H,4-5,8-11,15H2,1H3,(H,16,17). The number of hydrazine groups is 1. The minimum Gasteiger partial charge on any atom is -0.330 e. The van der Waals surface area contributed by atoms with Gasteiger partial charge in [0.1, 0.15) is 11.4 Å². The van der Waals surface area contributed by atoms with Crippen LogP contribution in [-0.4, -0.2) is 54.5 Å². The number of hydrogen-bond donors (Lipinski definition) is 4. The maximum absolute atomic E-state index is 10.1. The summed E-state index contributed by atoms with van der Waals surface area (Å²) in [5, 5.41) is 21.8. The molecule has 22 heavy (non-hydrogen) atoms. The lowest BCUT2D eigenvalue weighted by atomic mass is 10.2. The van der Waals surface area contributed by atoms with Crippen molar-refractivity contribution in [3.8, 4) is 0 Å². The van der Waals surface area contributed by atoms with E-state index in [1.165, 1.54) is 0 Å². The van der Waals surface area contributed by atoms with E-state index in [1.54, 1.807) is 24.3 Å². The zero-order valence-corrected chi connectivity index (χ0v) is 12.8. The summed E-state index contributed by atoms with van der Waals surface area (Å²) in [7, 11) is 2.05. The van der Waals surface area contributed by atoms with E-state index in [1.807, 2.05) is 7.05 Å². The highest BCUT2D eigenvalue weighted by atomic mass is 16.6. The predicted octanol–water partition coefficient (Wildman–Crippen LogP) is 0.623. The largest absolute Gasteiger partial charge is 0.330 e. The van der Waals surface area contributed by atoms with Crippen LogP contribution in [0.2, 0.25) is 0 Å². The van der Waals surface area contributed by atoms with Gasteiger partial charge in [0.15, 0.2) is 0 Å². The van der Waals surface area contributed by atoms with Crippen molar-refractivity contribution >= 4 is 17.3 Å². The van der Waals surface area contributed by atoms with E-state index in [-0.39, 0.29) is 5.96 Å². The van der Waals surface area contributed by atoms with Crippen molar-refractivity contribution in [2.45, 2.75) is 12.8 Å². The highest BCUT2D eigenvalue weighted by Gasteiger charge is 2.25. The third-order valence-electron chi connectivity index (χ3n) is 3.45. The monoisotopic (exact) mass is 308 g/mol. The van der Waals surface area contributed by atoms with Gasteiger partial charge in [-0.1, -0.05) is 12.1 Å². The van der Waals surface area contributed by atoms with Crippen LogP contribution in [0.15, 0.2) is 29.3 Å². The van der Waals surface area contributed by atoms with Gasteiger partial charge in [0.2, 0.25) is 5.96 Å². The molecular weight excluding hydrogens is 284 g/mol. The van der Waals surface area contributed by atoms with Crippen molar-refractivity contribution in [3.05, 3.63) is 24.3 Å². The SMILES string of the molecule is CN(CCCN)CCCN=C1NN(O)c2ccccc2N1O. The Bertz CT molecular complexity index is 510. The molecule has 2 rings (SSSR count). The molecule has 0 fully saturated rings. The Hall–Kier alpha value is -1.87. The van der Waals surface area contributed by atoms with Crippen LogP contribution in [0.1, 0.15) is 12.8 Å². The molecule has 0 aliphatic carbocycles. The van der Waals surface area contributed by atoms with Crippen molar-refractivity contribution < 1.29 is 10.4 Å². The molecule has 0 atom stereocenters. The van der Waals surface area contributed by atoms with Crippen molar-refractivity contribution in [1.29, 1.82) is 0 Å². The van der Waals surface area contributed by atoms with Crippen LogP contribution in [0.3, 0.4) is 0 Å². The summed E-state index contributed by atoms with van der Waals surface area (Å²) in [6, 6.07) is 6.95. The van der Waals surface area contributed by atoms with Gasteiger partial charge >= 0.3 is 0 Å². The van der Waals surface area contributed by atoms with Crippen molar-refractivity contribution in [2.75, 3.05) is 43.5 Å². The maximum Gasteiger partial charge on any atom is 0.244 e. The van der Waals surface area contributed by atoms with Gasteiger partial charge in [0.25, 0.3) is 0 Å². The smallest absolute Gasteiger partial charge is 0.244 e. The lowest BCUT2D eigenvalue weighted by molar-refractivity contribution is 0.216. The number of benzene rings is 1. The van der Waals surface area contributed by atoms with Gasteiger partial charge in [-0.2, -0.15) is 10.2 Å². The second-order valence-corrected chi connectivity index (χ2v) is 5.23. The van der Waals surface area contributed by atoms with Gasteiger partial charge in [0, 0.05) is 6.54 Å². The minimum absolute atomic E-state index is 0.200. The normalized spacial score (nSPS) is 16.1. The van der Waals surface area contributed by atoms with Crippen LogP contribution in [0.4, 0.5) is 11.4 Å². The number of nitrogens with one attached hydrogen (secondary N) is 1. The molecule has 0 bridgehead atoms. The molecule has 0 amide bonds. The van der Waals surface area contributed by atoms with E-state index in [4.69, 9.17) is 5.73 Å². The molecule has 122 valence electrons.